The largest absolute Gasteiger partial charge is 0.487 e. The highest BCUT2D eigenvalue weighted by molar-refractivity contribution is 14.1. The van der Waals surface area contributed by atoms with E-state index in [4.69, 9.17) is 16.3 Å². The van der Waals surface area contributed by atoms with Gasteiger partial charge < -0.3 is 4.74 Å². The maximum Gasteiger partial charge on any atom is 0.293 e. The van der Waals surface area contributed by atoms with Crippen molar-refractivity contribution >= 4 is 85.8 Å². The van der Waals surface area contributed by atoms with Crippen LogP contribution in [0.15, 0.2) is 59.5 Å². The number of hydrogen-bond acceptors (Lipinski definition) is 4. The smallest absolute Gasteiger partial charge is 0.293 e. The molecular weight excluding hydrogens is 703 g/mol. The van der Waals surface area contributed by atoms with Crippen LogP contribution >= 0.6 is 68.5 Å². The van der Waals surface area contributed by atoms with E-state index in [1.54, 1.807) is 6.08 Å². The minimum absolute atomic E-state index is 0.0119. The number of carbonyl (C=O) groups excluding carboxylic acids is 2. The average molecular weight is 720 g/mol. The lowest BCUT2D eigenvalue weighted by molar-refractivity contribution is -0.123. The van der Waals surface area contributed by atoms with Crippen molar-refractivity contribution in [3.63, 3.8) is 0 Å². The molecule has 0 radical (unpaired) electrons. The fraction of sp³-hybridized carbons (Fsp3) is 0.120. The molecule has 4 rings (SSSR count). The molecule has 3 aromatic carbocycles. The van der Waals surface area contributed by atoms with Gasteiger partial charge in [-0.05, 0) is 111 Å². The van der Waals surface area contributed by atoms with Crippen LogP contribution < -0.4 is 4.74 Å². The topological polar surface area (TPSA) is 46.6 Å². The molecule has 1 aliphatic rings. The molecule has 1 fully saturated rings. The standard InChI is InChI=1S/C25H17ClFI2NO3S/c1-14-2-4-15(5-3-14)13-33-23-20(28)8-16(9-21(23)29)10-22-24(31)30(25(32)34-22)12-17-6-7-18(27)11-19(17)26/h2-11H,12-13H2,1H3/b22-10-. The van der Waals surface area contributed by atoms with Crippen molar-refractivity contribution in [1.82, 2.24) is 4.90 Å². The molecule has 0 aromatic heterocycles. The van der Waals surface area contributed by atoms with Crippen LogP contribution in [0.25, 0.3) is 6.08 Å². The van der Waals surface area contributed by atoms with Gasteiger partial charge in [-0.2, -0.15) is 0 Å². The quantitative estimate of drug-likeness (QED) is 0.193. The Morgan fingerprint density at radius 1 is 1.06 bits per heavy atom. The van der Waals surface area contributed by atoms with Crippen LogP contribution in [0.1, 0.15) is 22.3 Å². The summed E-state index contributed by atoms with van der Waals surface area (Å²) in [5.74, 6) is -0.101. The Kier molecular flexibility index (Phi) is 8.21. The molecule has 1 heterocycles. The molecule has 2 amide bonds. The molecule has 3 aromatic rings. The van der Waals surface area contributed by atoms with Gasteiger partial charge >= 0.3 is 0 Å². The van der Waals surface area contributed by atoms with Crippen LogP contribution in [0.3, 0.4) is 0 Å². The lowest BCUT2D eigenvalue weighted by Crippen LogP contribution is -2.27. The van der Waals surface area contributed by atoms with Gasteiger partial charge in [0.2, 0.25) is 0 Å². The summed E-state index contributed by atoms with van der Waals surface area (Å²) in [6.07, 6.45) is 1.70. The average Bonchev–Trinajstić information content (AvgIpc) is 3.03. The summed E-state index contributed by atoms with van der Waals surface area (Å²) in [4.78, 5) is 26.8. The second-order valence-electron chi connectivity index (χ2n) is 7.59. The predicted octanol–water partition coefficient (Wildman–Crippen LogP) is 7.81. The van der Waals surface area contributed by atoms with Gasteiger partial charge in [-0.1, -0.05) is 47.5 Å². The molecule has 0 spiro atoms. The minimum Gasteiger partial charge on any atom is -0.487 e. The first-order chi connectivity index (χ1) is 16.2. The van der Waals surface area contributed by atoms with E-state index in [1.165, 1.54) is 17.7 Å². The number of carbonyl (C=O) groups is 2. The maximum absolute atomic E-state index is 13.3. The normalized spacial score (nSPS) is 14.9. The molecule has 0 aliphatic carbocycles. The van der Waals surface area contributed by atoms with Gasteiger partial charge in [0.15, 0.2) is 0 Å². The molecular formula is C25H17ClFI2NO3S. The molecule has 1 aliphatic heterocycles. The Hall–Kier alpha value is -1.63. The summed E-state index contributed by atoms with van der Waals surface area (Å²) >= 11 is 11.4. The monoisotopic (exact) mass is 719 g/mol. The Balaban J connectivity index is 1.50. The van der Waals surface area contributed by atoms with Crippen molar-refractivity contribution in [2.45, 2.75) is 20.1 Å². The Morgan fingerprint density at radius 2 is 1.74 bits per heavy atom. The Bertz CT molecular complexity index is 1290. The summed E-state index contributed by atoms with van der Waals surface area (Å²) in [6.45, 7) is 2.49. The van der Waals surface area contributed by atoms with Gasteiger partial charge in [0.25, 0.3) is 11.1 Å². The predicted molar refractivity (Wildman–Crippen MR) is 150 cm³/mol. The lowest BCUT2D eigenvalue weighted by atomic mass is 10.1. The molecule has 1 saturated heterocycles. The zero-order valence-corrected chi connectivity index (χ0v) is 23.7. The second-order valence-corrected chi connectivity index (χ2v) is 11.3. The van der Waals surface area contributed by atoms with Crippen LogP contribution in [-0.2, 0) is 17.9 Å². The van der Waals surface area contributed by atoms with Crippen LogP contribution in [0.2, 0.25) is 5.02 Å². The van der Waals surface area contributed by atoms with E-state index in [0.717, 1.165) is 46.7 Å². The lowest BCUT2D eigenvalue weighted by Gasteiger charge is -2.13. The molecule has 34 heavy (non-hydrogen) atoms. The fourth-order valence-corrected chi connectivity index (χ4v) is 6.44. The van der Waals surface area contributed by atoms with Gasteiger partial charge in [-0.25, -0.2) is 4.39 Å². The molecule has 0 saturated carbocycles. The Labute approximate surface area is 233 Å². The van der Waals surface area contributed by atoms with Gasteiger partial charge in [-0.15, -0.1) is 0 Å². The molecule has 0 unspecified atom stereocenters. The highest BCUT2D eigenvalue weighted by atomic mass is 127. The summed E-state index contributed by atoms with van der Waals surface area (Å²) in [5.41, 5.74) is 3.58. The zero-order valence-electron chi connectivity index (χ0n) is 17.8. The van der Waals surface area contributed by atoms with Crippen LogP contribution in [0.4, 0.5) is 9.18 Å². The van der Waals surface area contributed by atoms with Gasteiger partial charge in [0.1, 0.15) is 18.2 Å². The Morgan fingerprint density at radius 3 is 2.38 bits per heavy atom. The maximum atomic E-state index is 13.3. The highest BCUT2D eigenvalue weighted by Crippen LogP contribution is 2.36. The van der Waals surface area contributed by atoms with E-state index in [9.17, 15) is 14.0 Å². The van der Waals surface area contributed by atoms with Crippen molar-refractivity contribution in [3.8, 4) is 5.75 Å². The highest BCUT2D eigenvalue weighted by Gasteiger charge is 2.35. The number of nitrogens with zero attached hydrogens (tertiary/aromatic N) is 1. The minimum atomic E-state index is -0.474. The number of aryl methyl sites for hydroxylation is 1. The molecule has 9 heteroatoms. The number of benzene rings is 3. The fourth-order valence-electron chi connectivity index (χ4n) is 3.25. The number of rotatable bonds is 6. The van der Waals surface area contributed by atoms with E-state index < -0.39 is 11.7 Å². The molecule has 0 N–H and O–H groups in total. The number of ether oxygens (including phenoxy) is 1. The number of thioether (sulfide) groups is 1. The van der Waals surface area contributed by atoms with Crippen molar-refractivity contribution < 1.29 is 18.7 Å². The SMILES string of the molecule is Cc1ccc(COc2c(I)cc(/C=C3\SC(=O)N(Cc4ccc(F)cc4Cl)C3=O)cc2I)cc1. The summed E-state index contributed by atoms with van der Waals surface area (Å²) < 4.78 is 21.2. The van der Waals surface area contributed by atoms with Gasteiger partial charge in [0.05, 0.1) is 18.6 Å². The van der Waals surface area contributed by atoms with Crippen molar-refractivity contribution in [2.75, 3.05) is 0 Å². The third-order valence-electron chi connectivity index (χ3n) is 5.04. The third kappa shape index (κ3) is 5.95. The summed E-state index contributed by atoms with van der Waals surface area (Å²) in [6, 6.07) is 15.9. The summed E-state index contributed by atoms with van der Waals surface area (Å²) in [5, 5.41) is -0.215. The van der Waals surface area contributed by atoms with Gasteiger partial charge in [-0.3, -0.25) is 14.5 Å². The van der Waals surface area contributed by atoms with Gasteiger partial charge in [0, 0.05) is 5.02 Å². The van der Waals surface area contributed by atoms with Crippen molar-refractivity contribution in [2.24, 2.45) is 0 Å². The molecule has 0 atom stereocenters. The van der Waals surface area contributed by atoms with Crippen LogP contribution in [0.5, 0.6) is 5.75 Å². The van der Waals surface area contributed by atoms with E-state index in [0.29, 0.717) is 17.1 Å². The van der Waals surface area contributed by atoms with E-state index in [-0.39, 0.29) is 16.8 Å². The van der Waals surface area contributed by atoms with E-state index >= 15 is 0 Å². The number of halogens is 4. The molecule has 174 valence electrons. The number of hydrogen-bond donors (Lipinski definition) is 0. The second kappa shape index (κ2) is 11.0. The van der Waals surface area contributed by atoms with Crippen LogP contribution in [-0.4, -0.2) is 16.0 Å². The third-order valence-corrected chi connectivity index (χ3v) is 7.90. The zero-order chi connectivity index (χ0) is 24.4. The first kappa shape index (κ1) is 25.5. The van der Waals surface area contributed by atoms with E-state index in [2.05, 4.69) is 57.3 Å². The first-order valence-corrected chi connectivity index (χ1v) is 13.4. The first-order valence-electron chi connectivity index (χ1n) is 10.1. The number of imide groups is 1. The number of amides is 2. The molecule has 4 nitrogen and oxygen atoms in total. The van der Waals surface area contributed by atoms with Crippen molar-refractivity contribution in [1.29, 1.82) is 0 Å². The molecule has 0 bridgehead atoms. The summed E-state index contributed by atoms with van der Waals surface area (Å²) in [7, 11) is 0. The van der Waals surface area contributed by atoms with Crippen LogP contribution in [0, 0.1) is 19.9 Å². The van der Waals surface area contributed by atoms with E-state index in [1.807, 2.05) is 31.2 Å². The van der Waals surface area contributed by atoms with Crippen molar-refractivity contribution in [3.05, 3.63) is 99.7 Å².